The summed E-state index contributed by atoms with van der Waals surface area (Å²) >= 11 is 0. The molecule has 6 heteroatoms. The van der Waals surface area contributed by atoms with E-state index in [4.69, 9.17) is 0 Å². The van der Waals surface area contributed by atoms with Crippen molar-refractivity contribution < 1.29 is 9.59 Å². The molecule has 2 amide bonds. The Hall–Kier alpha value is -3.41. The van der Waals surface area contributed by atoms with Crippen molar-refractivity contribution in [2.45, 2.75) is 38.3 Å². The minimum absolute atomic E-state index is 0.0675. The van der Waals surface area contributed by atoms with Gasteiger partial charge in [-0.15, -0.1) is 0 Å². The largest absolute Gasteiger partial charge is 0.352 e. The van der Waals surface area contributed by atoms with E-state index in [1.54, 1.807) is 6.20 Å². The van der Waals surface area contributed by atoms with Crippen molar-refractivity contribution in [3.63, 3.8) is 0 Å². The van der Waals surface area contributed by atoms with E-state index in [2.05, 4.69) is 10.4 Å². The van der Waals surface area contributed by atoms with Crippen LogP contribution in [-0.2, 0) is 6.54 Å². The van der Waals surface area contributed by atoms with Gasteiger partial charge in [-0.25, -0.2) is 0 Å². The zero-order valence-corrected chi connectivity index (χ0v) is 17.6. The molecule has 1 aromatic heterocycles. The van der Waals surface area contributed by atoms with E-state index in [9.17, 15) is 9.59 Å². The van der Waals surface area contributed by atoms with Gasteiger partial charge in [0.15, 0.2) is 0 Å². The maximum absolute atomic E-state index is 13.2. The van der Waals surface area contributed by atoms with Gasteiger partial charge in [0.1, 0.15) is 0 Å². The Morgan fingerprint density at radius 2 is 1.77 bits per heavy atom. The Balaban J connectivity index is 1.34. The van der Waals surface area contributed by atoms with Crippen molar-refractivity contribution >= 4 is 11.8 Å². The van der Waals surface area contributed by atoms with Crippen LogP contribution in [0.1, 0.15) is 52.0 Å². The van der Waals surface area contributed by atoms with Gasteiger partial charge in [-0.2, -0.15) is 5.10 Å². The van der Waals surface area contributed by atoms with Crippen LogP contribution in [0, 0.1) is 0 Å². The molecule has 160 valence electrons. The van der Waals surface area contributed by atoms with Gasteiger partial charge in [0.25, 0.3) is 11.8 Å². The highest BCUT2D eigenvalue weighted by atomic mass is 16.2. The number of carbonyl (C=O) groups excluding carboxylic acids is 2. The molecule has 0 spiro atoms. The molecule has 0 radical (unpaired) electrons. The Bertz CT molecular complexity index is 984. The highest BCUT2D eigenvalue weighted by Crippen LogP contribution is 2.22. The van der Waals surface area contributed by atoms with Crippen LogP contribution in [0.3, 0.4) is 0 Å². The second kappa shape index (κ2) is 10.1. The molecule has 1 aliphatic heterocycles. The van der Waals surface area contributed by atoms with Gasteiger partial charge < -0.3 is 10.2 Å². The van der Waals surface area contributed by atoms with Gasteiger partial charge in [0, 0.05) is 42.7 Å². The predicted molar refractivity (Wildman–Crippen MR) is 120 cm³/mol. The van der Waals surface area contributed by atoms with Gasteiger partial charge in [0.05, 0.1) is 6.54 Å². The number of piperidine rings is 1. The summed E-state index contributed by atoms with van der Waals surface area (Å²) in [5, 5.41) is 7.21. The van der Waals surface area contributed by atoms with E-state index in [0.717, 1.165) is 37.8 Å². The van der Waals surface area contributed by atoms with Crippen LogP contribution in [0.2, 0.25) is 0 Å². The standard InChI is InChI=1S/C25H28N4O2/c30-24(21-7-2-1-3-8-21)26-16-14-23-9-4-5-18-29(23)25(31)22-12-10-20(11-13-22)19-28-17-6-15-27-28/h1-3,6-8,10-13,15,17,23H,4-5,9,14,16,18-19H2,(H,26,30)/t23-/m1/s1. The normalized spacial score (nSPS) is 16.1. The minimum atomic E-state index is -0.0675. The molecule has 1 saturated heterocycles. The van der Waals surface area contributed by atoms with Gasteiger partial charge in [-0.05, 0) is 61.6 Å². The fourth-order valence-corrected chi connectivity index (χ4v) is 4.11. The smallest absolute Gasteiger partial charge is 0.254 e. The minimum Gasteiger partial charge on any atom is -0.352 e. The lowest BCUT2D eigenvalue weighted by Gasteiger charge is -2.36. The average molecular weight is 417 g/mol. The molecule has 31 heavy (non-hydrogen) atoms. The van der Waals surface area contributed by atoms with Crippen LogP contribution >= 0.6 is 0 Å². The molecule has 4 rings (SSSR count). The van der Waals surface area contributed by atoms with E-state index in [1.165, 1.54) is 0 Å². The first-order chi connectivity index (χ1) is 15.2. The maximum Gasteiger partial charge on any atom is 0.254 e. The number of nitrogens with one attached hydrogen (secondary N) is 1. The van der Waals surface area contributed by atoms with Crippen molar-refractivity contribution in [3.05, 3.63) is 89.7 Å². The molecule has 0 aliphatic carbocycles. The van der Waals surface area contributed by atoms with E-state index in [0.29, 0.717) is 24.2 Å². The zero-order chi connectivity index (χ0) is 21.5. The number of carbonyl (C=O) groups is 2. The summed E-state index contributed by atoms with van der Waals surface area (Å²) in [5.41, 5.74) is 2.48. The summed E-state index contributed by atoms with van der Waals surface area (Å²) in [5.74, 6) is 0.00628. The third-order valence-corrected chi connectivity index (χ3v) is 5.79. The fraction of sp³-hybridized carbons (Fsp3) is 0.320. The number of hydrogen-bond acceptors (Lipinski definition) is 3. The fourth-order valence-electron chi connectivity index (χ4n) is 4.11. The van der Waals surface area contributed by atoms with Crippen LogP contribution in [0.5, 0.6) is 0 Å². The molecule has 6 nitrogen and oxygen atoms in total. The zero-order valence-electron chi connectivity index (χ0n) is 17.6. The third-order valence-electron chi connectivity index (χ3n) is 5.79. The summed E-state index contributed by atoms with van der Waals surface area (Å²) in [7, 11) is 0. The second-order valence-corrected chi connectivity index (χ2v) is 7.96. The quantitative estimate of drug-likeness (QED) is 0.638. The maximum atomic E-state index is 13.2. The average Bonchev–Trinajstić information content (AvgIpc) is 3.33. The first kappa shape index (κ1) is 20.8. The molecule has 3 aromatic rings. The molecule has 1 aliphatic rings. The summed E-state index contributed by atoms with van der Waals surface area (Å²) in [6.45, 7) is 2.02. The molecule has 2 heterocycles. The summed E-state index contributed by atoms with van der Waals surface area (Å²) in [4.78, 5) is 27.4. The van der Waals surface area contributed by atoms with Crippen molar-refractivity contribution in [1.82, 2.24) is 20.0 Å². The van der Waals surface area contributed by atoms with E-state index >= 15 is 0 Å². The lowest BCUT2D eigenvalue weighted by molar-refractivity contribution is 0.0601. The highest BCUT2D eigenvalue weighted by molar-refractivity contribution is 5.95. The molecule has 0 unspecified atom stereocenters. The topological polar surface area (TPSA) is 67.2 Å². The summed E-state index contributed by atoms with van der Waals surface area (Å²) in [6, 6.07) is 19.1. The molecule has 2 aromatic carbocycles. The summed E-state index contributed by atoms with van der Waals surface area (Å²) in [6.07, 6.45) is 7.57. The van der Waals surface area contributed by atoms with Crippen LogP contribution in [0.15, 0.2) is 73.1 Å². The van der Waals surface area contributed by atoms with Crippen molar-refractivity contribution in [2.24, 2.45) is 0 Å². The highest BCUT2D eigenvalue weighted by Gasteiger charge is 2.27. The van der Waals surface area contributed by atoms with Crippen molar-refractivity contribution in [1.29, 1.82) is 0 Å². The molecule has 1 atom stereocenters. The monoisotopic (exact) mass is 416 g/mol. The van der Waals surface area contributed by atoms with E-state index in [1.807, 2.05) is 76.4 Å². The number of amides is 2. The number of aromatic nitrogens is 2. The third kappa shape index (κ3) is 5.40. The lowest BCUT2D eigenvalue weighted by atomic mass is 9.98. The van der Waals surface area contributed by atoms with Crippen molar-refractivity contribution in [3.8, 4) is 0 Å². The predicted octanol–water partition coefficient (Wildman–Crippen LogP) is 3.75. The number of rotatable bonds is 7. The molecule has 1 fully saturated rings. The van der Waals surface area contributed by atoms with Gasteiger partial charge in [0.2, 0.25) is 0 Å². The van der Waals surface area contributed by atoms with Crippen molar-refractivity contribution in [2.75, 3.05) is 13.1 Å². The molecular formula is C25H28N4O2. The Morgan fingerprint density at radius 1 is 0.968 bits per heavy atom. The first-order valence-electron chi connectivity index (χ1n) is 10.9. The first-order valence-corrected chi connectivity index (χ1v) is 10.9. The number of nitrogens with zero attached hydrogens (tertiary/aromatic N) is 3. The second-order valence-electron chi connectivity index (χ2n) is 7.96. The van der Waals surface area contributed by atoms with Gasteiger partial charge >= 0.3 is 0 Å². The lowest BCUT2D eigenvalue weighted by Crippen LogP contribution is -2.45. The molecular weight excluding hydrogens is 388 g/mol. The SMILES string of the molecule is O=C(NCC[C@H]1CCCCN1C(=O)c1ccc(Cn2cccn2)cc1)c1ccccc1. The molecule has 1 N–H and O–H groups in total. The van der Waals surface area contributed by atoms with Crippen LogP contribution in [0.25, 0.3) is 0 Å². The number of likely N-dealkylation sites (tertiary alicyclic amines) is 1. The molecule has 0 saturated carbocycles. The number of benzene rings is 2. The van der Waals surface area contributed by atoms with Crippen LogP contribution in [0.4, 0.5) is 0 Å². The van der Waals surface area contributed by atoms with E-state index in [-0.39, 0.29) is 17.9 Å². The van der Waals surface area contributed by atoms with E-state index < -0.39 is 0 Å². The Labute approximate surface area is 182 Å². The van der Waals surface area contributed by atoms with Crippen LogP contribution < -0.4 is 5.32 Å². The van der Waals surface area contributed by atoms with Gasteiger partial charge in [-0.1, -0.05) is 30.3 Å². The van der Waals surface area contributed by atoms with Crippen LogP contribution in [-0.4, -0.2) is 45.6 Å². The summed E-state index contributed by atoms with van der Waals surface area (Å²) < 4.78 is 1.86. The molecule has 0 bridgehead atoms. The Kier molecular flexibility index (Phi) is 6.77. The van der Waals surface area contributed by atoms with Gasteiger partial charge in [-0.3, -0.25) is 14.3 Å². The number of hydrogen-bond donors (Lipinski definition) is 1. The Morgan fingerprint density at radius 3 is 2.52 bits per heavy atom.